The Bertz CT molecular complexity index is 220. The van der Waals surface area contributed by atoms with E-state index in [4.69, 9.17) is 5.73 Å². The van der Waals surface area contributed by atoms with Crippen molar-refractivity contribution >= 4 is 0 Å². The summed E-state index contributed by atoms with van der Waals surface area (Å²) in [7, 11) is 0. The molecule has 0 aliphatic heterocycles. The summed E-state index contributed by atoms with van der Waals surface area (Å²) in [4.78, 5) is 0. The monoisotopic (exact) mass is 181 g/mol. The van der Waals surface area contributed by atoms with Gasteiger partial charge in [-0.2, -0.15) is 0 Å². The molecule has 0 aromatic heterocycles. The van der Waals surface area contributed by atoms with Crippen molar-refractivity contribution in [2.75, 3.05) is 0 Å². The number of halogens is 2. The molecule has 0 atom stereocenters. The van der Waals surface area contributed by atoms with Crippen molar-refractivity contribution in [1.82, 2.24) is 0 Å². The van der Waals surface area contributed by atoms with Crippen molar-refractivity contribution < 1.29 is 60.2 Å². The van der Waals surface area contributed by atoms with E-state index in [-0.39, 0.29) is 57.9 Å². The third-order valence-electron chi connectivity index (χ3n) is 1.13. The van der Waals surface area contributed by atoms with Gasteiger partial charge in [0.25, 0.3) is 0 Å². The third-order valence-corrected chi connectivity index (χ3v) is 1.13. The molecule has 0 bridgehead atoms. The van der Waals surface area contributed by atoms with Gasteiger partial charge in [-0.25, -0.2) is 8.78 Å². The van der Waals surface area contributed by atoms with Crippen LogP contribution in [0.25, 0.3) is 5.73 Å². The molecule has 0 radical (unpaired) electrons. The Morgan fingerprint density at radius 3 is 1.91 bits per heavy atom. The van der Waals surface area contributed by atoms with E-state index in [1.165, 1.54) is 0 Å². The average molecular weight is 181 g/mol. The van der Waals surface area contributed by atoms with E-state index in [2.05, 4.69) is 0 Å². The average Bonchev–Trinajstić information content (AvgIpc) is 1.85. The topological polar surface area (TPSA) is 23.8 Å². The molecular weight excluding hydrogens is 175 g/mol. The van der Waals surface area contributed by atoms with Crippen molar-refractivity contribution in [2.24, 2.45) is 0 Å². The summed E-state index contributed by atoms with van der Waals surface area (Å²) in [6.45, 7) is -0.0886. The number of nitrogens with one attached hydrogen (secondary N) is 1. The third kappa shape index (κ3) is 3.73. The summed E-state index contributed by atoms with van der Waals surface area (Å²) in [5, 5.41) is 0. The Kier molecular flexibility index (Phi) is 5.67. The summed E-state index contributed by atoms with van der Waals surface area (Å²) < 4.78 is 24.6. The Hall–Kier alpha value is 0.676. The van der Waals surface area contributed by atoms with Gasteiger partial charge in [0.1, 0.15) is 11.6 Å². The zero-order chi connectivity index (χ0) is 7.56. The number of hydrogen-bond acceptors (Lipinski definition) is 0. The van der Waals surface area contributed by atoms with Gasteiger partial charge in [-0.1, -0.05) is 5.56 Å². The largest absolute Gasteiger partial charge is 1.00 e. The molecule has 1 rings (SSSR count). The molecule has 0 heterocycles. The molecule has 54 valence electrons. The van der Waals surface area contributed by atoms with Crippen LogP contribution in [-0.4, -0.2) is 0 Å². The summed E-state index contributed by atoms with van der Waals surface area (Å²) in [6.07, 6.45) is 0. The fraction of sp³-hybridized carbons (Fsp3) is 0.143. The second-order valence-corrected chi connectivity index (χ2v) is 1.95. The minimum absolute atomic E-state index is 0. The molecule has 0 fully saturated rings. The van der Waals surface area contributed by atoms with E-state index in [0.717, 1.165) is 18.2 Å². The van der Waals surface area contributed by atoms with Crippen molar-refractivity contribution in [3.05, 3.63) is 41.1 Å². The van der Waals surface area contributed by atoms with Crippen LogP contribution in [0.5, 0.6) is 0 Å². The van der Waals surface area contributed by atoms with Gasteiger partial charge >= 0.3 is 51.4 Å². The van der Waals surface area contributed by atoms with Gasteiger partial charge in [-0.3, -0.25) is 0 Å². The maximum Gasteiger partial charge on any atom is 1.00 e. The zero-order valence-electron chi connectivity index (χ0n) is 6.20. The van der Waals surface area contributed by atoms with Gasteiger partial charge in [0.05, 0.1) is 0 Å². The molecule has 0 spiro atoms. The van der Waals surface area contributed by atoms with Crippen LogP contribution in [0.4, 0.5) is 8.78 Å². The summed E-state index contributed by atoms with van der Waals surface area (Å²) in [5.74, 6) is -1.25. The number of benzene rings is 1. The van der Waals surface area contributed by atoms with Gasteiger partial charge in [-0.05, 0) is 12.1 Å². The Labute approximate surface area is 106 Å². The van der Waals surface area contributed by atoms with E-state index in [1.54, 1.807) is 0 Å². The van der Waals surface area contributed by atoms with Crippen molar-refractivity contribution in [3.8, 4) is 0 Å². The molecule has 1 N–H and O–H groups in total. The smallest absolute Gasteiger partial charge is 0.674 e. The zero-order valence-corrected chi connectivity index (χ0v) is 9.32. The van der Waals surface area contributed by atoms with E-state index >= 15 is 0 Å². The molecule has 1 aromatic rings. The molecule has 1 nitrogen and oxygen atoms in total. The van der Waals surface area contributed by atoms with Crippen LogP contribution < -0.4 is 51.4 Å². The second kappa shape index (κ2) is 5.34. The minimum atomic E-state index is -0.623. The number of hydrogen-bond donors (Lipinski definition) is 0. The first-order valence-corrected chi connectivity index (χ1v) is 2.82. The predicted octanol–water partition coefficient (Wildman–Crippen LogP) is -0.479. The van der Waals surface area contributed by atoms with Crippen LogP contribution in [0, 0.1) is 11.6 Å². The molecule has 1 aromatic carbocycles. The fourth-order valence-corrected chi connectivity index (χ4v) is 0.713. The first-order chi connectivity index (χ1) is 4.72. The Morgan fingerprint density at radius 1 is 1.09 bits per heavy atom. The van der Waals surface area contributed by atoms with E-state index < -0.39 is 11.6 Å². The van der Waals surface area contributed by atoms with Gasteiger partial charge < -0.3 is 5.73 Å². The normalized spacial score (nSPS) is 9.00. The van der Waals surface area contributed by atoms with Crippen LogP contribution in [0.15, 0.2) is 18.2 Å². The van der Waals surface area contributed by atoms with Crippen molar-refractivity contribution in [3.63, 3.8) is 0 Å². The van der Waals surface area contributed by atoms with Gasteiger partial charge in [0.15, 0.2) is 0 Å². The predicted molar refractivity (Wildman–Crippen MR) is 34.4 cm³/mol. The van der Waals surface area contributed by atoms with Crippen LogP contribution >= 0.6 is 0 Å². The quantitative estimate of drug-likeness (QED) is 0.523. The molecule has 0 saturated heterocycles. The Balaban J connectivity index is 0.000001000. The standard InChI is InChI=1S/C7H6F2N.K/c8-6-1-5(4-10)2-7(9)3-6;/h1-3,10H,4H2;/q-1;+1. The first-order valence-electron chi connectivity index (χ1n) is 2.82. The van der Waals surface area contributed by atoms with E-state index in [9.17, 15) is 8.78 Å². The molecule has 0 unspecified atom stereocenters. The van der Waals surface area contributed by atoms with Crippen molar-refractivity contribution in [2.45, 2.75) is 6.54 Å². The second-order valence-electron chi connectivity index (χ2n) is 1.95. The van der Waals surface area contributed by atoms with Crippen LogP contribution in [0.3, 0.4) is 0 Å². The molecule has 0 aliphatic rings. The fourth-order valence-electron chi connectivity index (χ4n) is 0.713. The molecule has 0 saturated carbocycles. The molecule has 11 heavy (non-hydrogen) atoms. The summed E-state index contributed by atoms with van der Waals surface area (Å²) in [5.41, 5.74) is 7.16. The molecule has 4 heteroatoms. The summed E-state index contributed by atoms with van der Waals surface area (Å²) in [6, 6.07) is 3.09. The maximum absolute atomic E-state index is 12.3. The van der Waals surface area contributed by atoms with E-state index in [0.29, 0.717) is 5.56 Å². The van der Waals surface area contributed by atoms with Gasteiger partial charge in [-0.15, -0.1) is 6.54 Å². The molecular formula is C7H6F2KN. The molecule has 0 amide bonds. The van der Waals surface area contributed by atoms with E-state index in [1.807, 2.05) is 0 Å². The van der Waals surface area contributed by atoms with Gasteiger partial charge in [0, 0.05) is 6.07 Å². The van der Waals surface area contributed by atoms with Gasteiger partial charge in [0.2, 0.25) is 0 Å². The summed E-state index contributed by atoms with van der Waals surface area (Å²) >= 11 is 0. The number of rotatable bonds is 1. The molecule has 0 aliphatic carbocycles. The Morgan fingerprint density at radius 2 is 1.55 bits per heavy atom. The van der Waals surface area contributed by atoms with Crippen LogP contribution in [0.1, 0.15) is 5.56 Å². The van der Waals surface area contributed by atoms with Crippen LogP contribution in [-0.2, 0) is 6.54 Å². The van der Waals surface area contributed by atoms with Crippen LogP contribution in [0.2, 0.25) is 0 Å². The maximum atomic E-state index is 12.3. The minimum Gasteiger partial charge on any atom is -0.674 e. The SMILES string of the molecule is [K+].[NH-]Cc1cc(F)cc(F)c1. The first kappa shape index (κ1) is 11.7. The van der Waals surface area contributed by atoms with Crippen molar-refractivity contribution in [1.29, 1.82) is 0 Å².